The molecule has 0 aliphatic rings. The summed E-state index contributed by atoms with van der Waals surface area (Å²) in [5.41, 5.74) is -0.783. The van der Waals surface area contributed by atoms with Crippen LogP contribution in [-0.4, -0.2) is 15.9 Å². The monoisotopic (exact) mass is 396 g/mol. The van der Waals surface area contributed by atoms with Gasteiger partial charge < -0.3 is 15.1 Å². The first-order valence-corrected chi connectivity index (χ1v) is 7.97. The smallest absolute Gasteiger partial charge is 0.416 e. The summed E-state index contributed by atoms with van der Waals surface area (Å²) in [7, 11) is 0. The molecule has 27 heavy (non-hydrogen) atoms. The Bertz CT molecular complexity index is 928. The van der Waals surface area contributed by atoms with Crippen molar-refractivity contribution in [3.05, 3.63) is 71.0 Å². The van der Waals surface area contributed by atoms with Crippen molar-refractivity contribution in [2.75, 3.05) is 5.32 Å². The molecule has 0 saturated heterocycles. The third-order valence-electron chi connectivity index (χ3n) is 3.44. The maximum absolute atomic E-state index is 12.8. The van der Waals surface area contributed by atoms with E-state index < -0.39 is 17.6 Å². The highest BCUT2D eigenvalue weighted by atomic mass is 35.5. The summed E-state index contributed by atoms with van der Waals surface area (Å²) in [6.07, 6.45) is -0.594. The van der Waals surface area contributed by atoms with E-state index in [0.29, 0.717) is 5.76 Å². The molecule has 0 radical (unpaired) electrons. The Kier molecular flexibility index (Phi) is 5.31. The SMILES string of the molecule is O=C(NCc1ccco1)c1cnc(Nc2cc(C(F)(F)F)ccc2Cl)cn1. The fourth-order valence-electron chi connectivity index (χ4n) is 2.12. The zero-order chi connectivity index (χ0) is 19.4. The standard InChI is InChI=1S/C17H12ClF3N4O2/c18-12-4-3-10(17(19,20)21)6-13(12)25-15-9-22-14(8-23-15)16(26)24-7-11-2-1-5-27-11/h1-6,8-9H,7H2,(H,23,25)(H,24,26). The summed E-state index contributed by atoms with van der Waals surface area (Å²) in [6, 6.07) is 6.29. The summed E-state index contributed by atoms with van der Waals surface area (Å²) >= 11 is 5.92. The van der Waals surface area contributed by atoms with E-state index in [1.165, 1.54) is 18.7 Å². The fourth-order valence-corrected chi connectivity index (χ4v) is 2.28. The van der Waals surface area contributed by atoms with E-state index in [1.807, 2.05) is 0 Å². The molecule has 2 heterocycles. The van der Waals surface area contributed by atoms with Gasteiger partial charge in [0.15, 0.2) is 0 Å². The van der Waals surface area contributed by atoms with Gasteiger partial charge >= 0.3 is 6.18 Å². The van der Waals surface area contributed by atoms with Gasteiger partial charge in [-0.15, -0.1) is 0 Å². The second-order valence-corrected chi connectivity index (χ2v) is 5.77. The van der Waals surface area contributed by atoms with E-state index in [4.69, 9.17) is 16.0 Å². The largest absolute Gasteiger partial charge is 0.467 e. The molecule has 140 valence electrons. The van der Waals surface area contributed by atoms with Crippen LogP contribution in [0.4, 0.5) is 24.7 Å². The minimum atomic E-state index is -4.50. The lowest BCUT2D eigenvalue weighted by molar-refractivity contribution is -0.137. The van der Waals surface area contributed by atoms with Gasteiger partial charge in [-0.05, 0) is 30.3 Å². The lowest BCUT2D eigenvalue weighted by Crippen LogP contribution is -2.23. The molecular weight excluding hydrogens is 385 g/mol. The first kappa shape index (κ1) is 18.7. The number of rotatable bonds is 5. The fraction of sp³-hybridized carbons (Fsp3) is 0.118. The van der Waals surface area contributed by atoms with Crippen LogP contribution in [0, 0.1) is 0 Å². The van der Waals surface area contributed by atoms with Gasteiger partial charge in [-0.3, -0.25) is 4.79 Å². The number of anilines is 2. The van der Waals surface area contributed by atoms with Crippen LogP contribution in [0.5, 0.6) is 0 Å². The number of furan rings is 1. The van der Waals surface area contributed by atoms with Gasteiger partial charge in [-0.2, -0.15) is 13.2 Å². The van der Waals surface area contributed by atoms with Crippen LogP contribution >= 0.6 is 11.6 Å². The van der Waals surface area contributed by atoms with Crippen molar-refractivity contribution in [3.8, 4) is 0 Å². The average Bonchev–Trinajstić information content (AvgIpc) is 3.15. The van der Waals surface area contributed by atoms with Gasteiger partial charge in [-0.25, -0.2) is 9.97 Å². The molecule has 2 N–H and O–H groups in total. The topological polar surface area (TPSA) is 80.0 Å². The van der Waals surface area contributed by atoms with E-state index in [1.54, 1.807) is 12.1 Å². The van der Waals surface area contributed by atoms with Gasteiger partial charge in [0.05, 0.1) is 41.5 Å². The molecule has 1 aromatic carbocycles. The summed E-state index contributed by atoms with van der Waals surface area (Å²) in [5.74, 6) is 0.246. The van der Waals surface area contributed by atoms with Crippen LogP contribution < -0.4 is 10.6 Å². The minimum Gasteiger partial charge on any atom is -0.467 e. The van der Waals surface area contributed by atoms with Gasteiger partial charge in [0.2, 0.25) is 0 Å². The Balaban J connectivity index is 1.68. The predicted molar refractivity (Wildman–Crippen MR) is 91.6 cm³/mol. The van der Waals surface area contributed by atoms with Gasteiger partial charge in [0.25, 0.3) is 5.91 Å². The third-order valence-corrected chi connectivity index (χ3v) is 3.77. The predicted octanol–water partition coefficient (Wildman–Crippen LogP) is 4.42. The van der Waals surface area contributed by atoms with Gasteiger partial charge in [0.1, 0.15) is 17.3 Å². The number of amides is 1. The molecule has 0 aliphatic carbocycles. The van der Waals surface area contributed by atoms with E-state index >= 15 is 0 Å². The number of hydrogen-bond donors (Lipinski definition) is 2. The zero-order valence-corrected chi connectivity index (χ0v) is 14.3. The number of alkyl halides is 3. The van der Waals surface area contributed by atoms with Crippen LogP contribution in [0.1, 0.15) is 21.8 Å². The molecule has 0 spiro atoms. The molecule has 2 aromatic heterocycles. The van der Waals surface area contributed by atoms with Crippen LogP contribution in [0.3, 0.4) is 0 Å². The molecule has 0 unspecified atom stereocenters. The zero-order valence-electron chi connectivity index (χ0n) is 13.5. The Morgan fingerprint density at radius 2 is 2.00 bits per heavy atom. The number of carbonyl (C=O) groups is 1. The maximum atomic E-state index is 12.8. The Morgan fingerprint density at radius 3 is 2.63 bits per heavy atom. The highest BCUT2D eigenvalue weighted by Gasteiger charge is 2.31. The Morgan fingerprint density at radius 1 is 1.19 bits per heavy atom. The average molecular weight is 397 g/mol. The molecule has 1 amide bonds. The maximum Gasteiger partial charge on any atom is 0.416 e. The van der Waals surface area contributed by atoms with Crippen molar-refractivity contribution in [3.63, 3.8) is 0 Å². The number of nitrogens with one attached hydrogen (secondary N) is 2. The van der Waals surface area contributed by atoms with Gasteiger partial charge in [0, 0.05) is 0 Å². The second kappa shape index (κ2) is 7.67. The summed E-state index contributed by atoms with van der Waals surface area (Å²) in [6.45, 7) is 0.188. The van der Waals surface area contributed by atoms with E-state index in [2.05, 4.69) is 20.6 Å². The third kappa shape index (κ3) is 4.76. The Hall–Kier alpha value is -3.07. The van der Waals surface area contributed by atoms with Crippen LogP contribution in [0.2, 0.25) is 5.02 Å². The van der Waals surface area contributed by atoms with E-state index in [0.717, 1.165) is 18.2 Å². The number of aromatic nitrogens is 2. The summed E-state index contributed by atoms with van der Waals surface area (Å²) < 4.78 is 43.5. The first-order valence-electron chi connectivity index (χ1n) is 7.59. The highest BCUT2D eigenvalue weighted by Crippen LogP contribution is 2.34. The minimum absolute atomic E-state index is 0.0239. The molecule has 0 atom stereocenters. The highest BCUT2D eigenvalue weighted by molar-refractivity contribution is 6.33. The summed E-state index contributed by atoms with van der Waals surface area (Å²) in [4.78, 5) is 19.9. The van der Waals surface area contributed by atoms with Crippen molar-refractivity contribution in [2.45, 2.75) is 12.7 Å². The number of carbonyl (C=O) groups excluding carboxylic acids is 1. The van der Waals surface area contributed by atoms with Crippen molar-refractivity contribution in [2.24, 2.45) is 0 Å². The lowest BCUT2D eigenvalue weighted by Gasteiger charge is -2.12. The molecule has 0 saturated carbocycles. The molecular formula is C17H12ClF3N4O2. The number of hydrogen-bond acceptors (Lipinski definition) is 5. The molecule has 0 aliphatic heterocycles. The van der Waals surface area contributed by atoms with E-state index in [-0.39, 0.29) is 28.8 Å². The lowest BCUT2D eigenvalue weighted by atomic mass is 10.2. The number of nitrogens with zero attached hydrogens (tertiary/aromatic N) is 2. The normalized spacial score (nSPS) is 11.3. The first-order chi connectivity index (χ1) is 12.8. The Labute approximate surface area is 156 Å². The van der Waals surface area contributed by atoms with Crippen molar-refractivity contribution in [1.82, 2.24) is 15.3 Å². The molecule has 0 bridgehead atoms. The van der Waals surface area contributed by atoms with E-state index in [9.17, 15) is 18.0 Å². The van der Waals surface area contributed by atoms with Crippen LogP contribution in [0.25, 0.3) is 0 Å². The molecule has 3 rings (SSSR count). The van der Waals surface area contributed by atoms with Gasteiger partial charge in [-0.1, -0.05) is 11.6 Å². The quantitative estimate of drug-likeness (QED) is 0.667. The number of benzene rings is 1. The molecule has 3 aromatic rings. The number of halogens is 4. The molecule has 0 fully saturated rings. The second-order valence-electron chi connectivity index (χ2n) is 5.37. The molecule has 10 heteroatoms. The van der Waals surface area contributed by atoms with Crippen LogP contribution in [0.15, 0.2) is 53.4 Å². The van der Waals surface area contributed by atoms with Crippen molar-refractivity contribution < 1.29 is 22.4 Å². The van der Waals surface area contributed by atoms with Crippen LogP contribution in [-0.2, 0) is 12.7 Å². The van der Waals surface area contributed by atoms with Crippen molar-refractivity contribution >= 4 is 29.0 Å². The van der Waals surface area contributed by atoms with Crippen molar-refractivity contribution in [1.29, 1.82) is 0 Å². The molecule has 6 nitrogen and oxygen atoms in total. The summed E-state index contributed by atoms with van der Waals surface area (Å²) in [5, 5.41) is 5.34.